The van der Waals surface area contributed by atoms with Crippen LogP contribution in [0.2, 0.25) is 0 Å². The molecule has 10 atom stereocenters. The maximum Gasteiger partial charge on any atom is 0.394 e. The van der Waals surface area contributed by atoms with Gasteiger partial charge in [-0.1, -0.05) is 86.3 Å². The Labute approximate surface area is 340 Å². The van der Waals surface area contributed by atoms with Gasteiger partial charge in [0.05, 0.1) is 0 Å². The molecule has 0 amide bonds. The molecule has 6 fully saturated rings. The van der Waals surface area contributed by atoms with E-state index in [9.17, 15) is 4.79 Å². The van der Waals surface area contributed by atoms with Gasteiger partial charge in [0.1, 0.15) is 6.10 Å². The maximum atomic E-state index is 12.9. The minimum atomic E-state index is -4.67. The molecule has 322 valence electrons. The molecule has 5 aliphatic carbocycles. The molecule has 9 nitrogen and oxygen atoms in total. The minimum absolute atomic E-state index is 0.0205. The lowest BCUT2D eigenvalue weighted by atomic mass is 9.32. The zero-order valence-corrected chi connectivity index (χ0v) is 37.3. The van der Waals surface area contributed by atoms with Gasteiger partial charge in [0.25, 0.3) is 0 Å². The maximum absolute atomic E-state index is 12.9. The molecule has 6 aliphatic rings. The smallest absolute Gasteiger partial charge is 0.394 e. The highest BCUT2D eigenvalue weighted by atomic mass is 32.3. The van der Waals surface area contributed by atoms with Gasteiger partial charge >= 0.3 is 22.5 Å². The van der Waals surface area contributed by atoms with Crippen molar-refractivity contribution in [1.29, 1.82) is 0 Å². The van der Waals surface area contributed by atoms with Gasteiger partial charge in [-0.15, -0.1) is 0 Å². The highest BCUT2D eigenvalue weighted by Crippen LogP contribution is 2.78. The second kappa shape index (κ2) is 18.8. The molecule has 0 aromatic rings. The van der Waals surface area contributed by atoms with Gasteiger partial charge in [0, 0.05) is 11.8 Å². The molecule has 1 aliphatic heterocycles. The monoisotopic (exact) mass is 806 g/mol. The summed E-state index contributed by atoms with van der Waals surface area (Å²) < 4.78 is 37.9. The van der Waals surface area contributed by atoms with Crippen LogP contribution in [0, 0.1) is 62.6 Å². The van der Waals surface area contributed by atoms with Gasteiger partial charge in [-0.05, 0) is 174 Å². The summed E-state index contributed by atoms with van der Waals surface area (Å²) in [5, 5.41) is 0. The third-order valence-corrected chi connectivity index (χ3v) is 17.4. The van der Waals surface area contributed by atoms with Crippen LogP contribution in [-0.2, 0) is 29.5 Å². The van der Waals surface area contributed by atoms with Gasteiger partial charge in [-0.2, -0.15) is 18.0 Å². The number of nitrogens with zero attached hydrogens (tertiary/aromatic N) is 1. The van der Waals surface area contributed by atoms with E-state index in [1.165, 1.54) is 134 Å². The minimum Gasteiger partial charge on any atom is -0.462 e. The molecule has 0 aromatic heterocycles. The standard InChI is InChI=1S/C45H77NO2.CO2.H2O4S/c1-32(2)31-39(47)48-38-21-23-42(7)36(41(38,5)6)20-24-44(9)37(42)18-17-35-40-34(33(3)4)19-25-45(40,27-26-43(35,44)8)22-13-11-10-12-14-28-46-29-15-16-30-46;2-1-3;1-5(2,3)4/h32,34-38,40H,3,10-31H2,1-2,4-9H3;;(H2,1,2,3,4)/t34-,35+,36-,37+,38-,40+,42-,43+,44+,45+;;/m0../s1. The molecule has 0 unspecified atom stereocenters. The number of carbonyl (C=O) groups is 1. The summed E-state index contributed by atoms with van der Waals surface area (Å²) in [4.78, 5) is 31.8. The molecule has 6 rings (SSSR count). The van der Waals surface area contributed by atoms with Crippen LogP contribution in [0.25, 0.3) is 0 Å². The Morgan fingerprint density at radius 1 is 0.821 bits per heavy atom. The third-order valence-electron chi connectivity index (χ3n) is 17.4. The number of esters is 1. The van der Waals surface area contributed by atoms with E-state index >= 15 is 0 Å². The average Bonchev–Trinajstić information content (AvgIpc) is 3.74. The van der Waals surface area contributed by atoms with Crippen molar-refractivity contribution in [1.82, 2.24) is 4.90 Å². The summed E-state index contributed by atoms with van der Waals surface area (Å²) in [6.07, 6.45) is 25.9. The first-order chi connectivity index (χ1) is 26.1. The van der Waals surface area contributed by atoms with Crippen molar-refractivity contribution < 1.29 is 36.6 Å². The number of ether oxygens (including phenoxy) is 1. The first-order valence-corrected chi connectivity index (χ1v) is 23.8. The van der Waals surface area contributed by atoms with E-state index in [0.717, 1.165) is 30.1 Å². The Balaban J connectivity index is 0.000000795. The number of likely N-dealkylation sites (tertiary alicyclic amines) is 1. The molecule has 0 bridgehead atoms. The molecular weight excluding hydrogens is 727 g/mol. The number of hydrogen-bond acceptors (Lipinski definition) is 7. The molecular formula is C46H79NO8S. The van der Waals surface area contributed by atoms with Gasteiger partial charge in [-0.3, -0.25) is 13.9 Å². The SMILES string of the molecule is C=C(C)[C@@H]1CC[C@]2(CCCCCCCN3CCCC3)CC[C@]3(C)[C@H](CC[C@@H]4[C@@]5(C)CC[C@H](OC(=O)CC(C)C)C(C)(C)[C@@H]5CC[C@]43C)[C@@H]12.O=C=O.O=S(=O)(O)O. The fourth-order valence-corrected chi connectivity index (χ4v) is 14.8. The van der Waals surface area contributed by atoms with Crippen LogP contribution in [0.1, 0.15) is 177 Å². The van der Waals surface area contributed by atoms with Crippen molar-refractivity contribution in [2.45, 2.75) is 183 Å². The highest BCUT2D eigenvalue weighted by molar-refractivity contribution is 7.79. The number of hydrogen-bond donors (Lipinski definition) is 2. The number of rotatable bonds is 12. The Bertz CT molecular complexity index is 1480. The van der Waals surface area contributed by atoms with Crippen molar-refractivity contribution in [3.05, 3.63) is 12.2 Å². The molecule has 0 radical (unpaired) electrons. The second-order valence-corrected chi connectivity index (χ2v) is 22.0. The first-order valence-electron chi connectivity index (χ1n) is 22.4. The lowest BCUT2D eigenvalue weighted by Crippen LogP contribution is -2.66. The predicted molar refractivity (Wildman–Crippen MR) is 221 cm³/mol. The van der Waals surface area contributed by atoms with Gasteiger partial charge < -0.3 is 9.64 Å². The summed E-state index contributed by atoms with van der Waals surface area (Å²) in [6, 6.07) is 0. The molecule has 10 heteroatoms. The summed E-state index contributed by atoms with van der Waals surface area (Å²) in [7, 11) is -4.67. The van der Waals surface area contributed by atoms with Crippen molar-refractivity contribution in [3.8, 4) is 0 Å². The van der Waals surface area contributed by atoms with E-state index in [2.05, 4.69) is 66.9 Å². The second-order valence-electron chi connectivity index (χ2n) is 21.1. The van der Waals surface area contributed by atoms with Gasteiger partial charge in [0.15, 0.2) is 0 Å². The van der Waals surface area contributed by atoms with Crippen molar-refractivity contribution in [3.63, 3.8) is 0 Å². The first kappa shape index (κ1) is 47.1. The lowest BCUT2D eigenvalue weighted by molar-refractivity contribution is -0.250. The third kappa shape index (κ3) is 10.1. The Hall–Kier alpha value is -1.58. The molecule has 56 heavy (non-hydrogen) atoms. The van der Waals surface area contributed by atoms with E-state index < -0.39 is 10.4 Å². The number of allylic oxidation sites excluding steroid dienone is 1. The van der Waals surface area contributed by atoms with Crippen LogP contribution >= 0.6 is 0 Å². The molecule has 1 heterocycles. The number of fused-ring (bicyclic) bond motifs is 7. The highest BCUT2D eigenvalue weighted by Gasteiger charge is 2.71. The zero-order chi connectivity index (χ0) is 41.7. The van der Waals surface area contributed by atoms with E-state index in [4.69, 9.17) is 31.8 Å². The van der Waals surface area contributed by atoms with E-state index in [0.29, 0.717) is 39.9 Å². The van der Waals surface area contributed by atoms with Crippen LogP contribution in [-0.4, -0.2) is 60.3 Å². The Morgan fingerprint density at radius 3 is 2.04 bits per heavy atom. The number of unbranched alkanes of at least 4 members (excludes halogenated alkanes) is 4. The fourth-order valence-electron chi connectivity index (χ4n) is 14.8. The molecule has 0 spiro atoms. The van der Waals surface area contributed by atoms with Crippen LogP contribution in [0.5, 0.6) is 0 Å². The van der Waals surface area contributed by atoms with Crippen molar-refractivity contribution in [2.24, 2.45) is 62.6 Å². The summed E-state index contributed by atoms with van der Waals surface area (Å²) >= 11 is 0. The summed E-state index contributed by atoms with van der Waals surface area (Å²) in [5.41, 5.74) is 3.22. The molecule has 5 saturated carbocycles. The quantitative estimate of drug-likeness (QED) is 0.0854. The Morgan fingerprint density at radius 2 is 1.43 bits per heavy atom. The molecule has 0 aromatic carbocycles. The summed E-state index contributed by atoms with van der Waals surface area (Å²) in [5.74, 6) is 4.20. The Kier molecular flexibility index (Phi) is 15.8. The van der Waals surface area contributed by atoms with Gasteiger partial charge in [0.2, 0.25) is 0 Å². The van der Waals surface area contributed by atoms with Crippen LogP contribution in [0.4, 0.5) is 0 Å². The normalized spacial score (nSPS) is 38.6. The largest absolute Gasteiger partial charge is 0.462 e. The van der Waals surface area contributed by atoms with E-state index in [1.54, 1.807) is 0 Å². The predicted octanol–water partition coefficient (Wildman–Crippen LogP) is 10.8. The van der Waals surface area contributed by atoms with Crippen LogP contribution in [0.3, 0.4) is 0 Å². The number of carbonyl (C=O) groups excluding carboxylic acids is 3. The average molecular weight is 806 g/mol. The summed E-state index contributed by atoms with van der Waals surface area (Å²) in [6.45, 7) is 28.5. The molecule has 2 N–H and O–H groups in total. The lowest BCUT2D eigenvalue weighted by Gasteiger charge is -2.73. The molecule has 1 saturated heterocycles. The topological polar surface area (TPSA) is 138 Å². The zero-order valence-electron chi connectivity index (χ0n) is 36.5. The van der Waals surface area contributed by atoms with E-state index in [-0.39, 0.29) is 23.6 Å². The van der Waals surface area contributed by atoms with Crippen molar-refractivity contribution in [2.75, 3.05) is 19.6 Å². The van der Waals surface area contributed by atoms with Crippen molar-refractivity contribution >= 4 is 22.5 Å². The van der Waals surface area contributed by atoms with Gasteiger partial charge in [-0.25, -0.2) is 0 Å². The van der Waals surface area contributed by atoms with Crippen LogP contribution < -0.4 is 0 Å². The van der Waals surface area contributed by atoms with Crippen LogP contribution in [0.15, 0.2) is 12.2 Å². The van der Waals surface area contributed by atoms with E-state index in [1.807, 2.05) is 0 Å². The fraction of sp³-hybridized carbons (Fsp3) is 0.913.